The molecule has 0 spiro atoms. The predicted octanol–water partition coefficient (Wildman–Crippen LogP) is 5.10. The van der Waals surface area contributed by atoms with Gasteiger partial charge >= 0.3 is 0 Å². The fourth-order valence-electron chi connectivity index (χ4n) is 3.15. The summed E-state index contributed by atoms with van der Waals surface area (Å²) >= 11 is 0. The van der Waals surface area contributed by atoms with Crippen LogP contribution in [0, 0.1) is 5.82 Å². The third kappa shape index (κ3) is 2.34. The Balaban J connectivity index is 1.99. The van der Waals surface area contributed by atoms with E-state index in [2.05, 4.69) is 9.98 Å². The van der Waals surface area contributed by atoms with E-state index in [9.17, 15) is 13.2 Å². The molecule has 1 aliphatic rings. The standard InChI is InChI=1S/C20H15F3N2/c1-19(2)20(22,23)16-8-7-14(21)10-15(16)18(25-19)13-9-12-5-3-4-6-17(12)24-11-13/h3-11H,1-2H3. The molecule has 0 N–H and O–H groups in total. The van der Waals surface area contributed by atoms with Crippen LogP contribution in [0.5, 0.6) is 0 Å². The van der Waals surface area contributed by atoms with Gasteiger partial charge in [-0.1, -0.05) is 18.2 Å². The molecule has 126 valence electrons. The topological polar surface area (TPSA) is 25.2 Å². The number of para-hydroxylation sites is 1. The third-order valence-electron chi connectivity index (χ3n) is 4.60. The zero-order chi connectivity index (χ0) is 17.8. The number of benzene rings is 2. The van der Waals surface area contributed by atoms with Crippen LogP contribution in [0.2, 0.25) is 0 Å². The molecule has 2 nitrogen and oxygen atoms in total. The van der Waals surface area contributed by atoms with Crippen LogP contribution in [-0.2, 0) is 5.92 Å². The molecule has 0 bridgehead atoms. The highest BCUT2D eigenvalue weighted by molar-refractivity contribution is 6.15. The minimum Gasteiger partial charge on any atom is -0.271 e. The molecule has 5 heteroatoms. The Morgan fingerprint density at radius 2 is 1.72 bits per heavy atom. The molecule has 25 heavy (non-hydrogen) atoms. The third-order valence-corrected chi connectivity index (χ3v) is 4.60. The second-order valence-electron chi connectivity index (χ2n) is 6.70. The summed E-state index contributed by atoms with van der Waals surface area (Å²) in [5.41, 5.74) is -0.0123. The number of hydrogen-bond acceptors (Lipinski definition) is 2. The molecule has 0 unspecified atom stereocenters. The normalized spacial score (nSPS) is 17.9. The van der Waals surface area contributed by atoms with E-state index in [1.807, 2.05) is 30.3 Å². The Labute approximate surface area is 143 Å². The van der Waals surface area contributed by atoms with E-state index < -0.39 is 17.3 Å². The number of hydrogen-bond donors (Lipinski definition) is 0. The van der Waals surface area contributed by atoms with Crippen LogP contribution in [-0.4, -0.2) is 16.2 Å². The summed E-state index contributed by atoms with van der Waals surface area (Å²) in [5.74, 6) is -3.76. The van der Waals surface area contributed by atoms with Gasteiger partial charge in [-0.2, -0.15) is 8.78 Å². The molecule has 0 saturated heterocycles. The van der Waals surface area contributed by atoms with Crippen molar-refractivity contribution in [2.45, 2.75) is 25.3 Å². The van der Waals surface area contributed by atoms with Crippen LogP contribution in [0.3, 0.4) is 0 Å². The maximum atomic E-state index is 14.8. The fraction of sp³-hybridized carbons (Fsp3) is 0.200. The first-order chi connectivity index (χ1) is 11.8. The first kappa shape index (κ1) is 15.8. The van der Waals surface area contributed by atoms with E-state index in [1.165, 1.54) is 13.8 Å². The molecule has 4 rings (SSSR count). The number of nitrogens with zero attached hydrogens (tertiary/aromatic N) is 2. The highest BCUT2D eigenvalue weighted by Gasteiger charge is 2.52. The highest BCUT2D eigenvalue weighted by Crippen LogP contribution is 2.46. The zero-order valence-electron chi connectivity index (χ0n) is 13.7. The number of aromatic nitrogens is 1. The molecule has 1 aliphatic heterocycles. The summed E-state index contributed by atoms with van der Waals surface area (Å²) in [4.78, 5) is 8.66. The molecule has 1 aromatic heterocycles. The lowest BCUT2D eigenvalue weighted by Gasteiger charge is -2.37. The molecule has 2 heterocycles. The van der Waals surface area contributed by atoms with Crippen molar-refractivity contribution in [3.05, 3.63) is 77.2 Å². The number of halogens is 3. The molecule has 0 radical (unpaired) electrons. The summed E-state index contributed by atoms with van der Waals surface area (Å²) in [5, 5.41) is 0.871. The van der Waals surface area contributed by atoms with Crippen molar-refractivity contribution in [3.63, 3.8) is 0 Å². The number of fused-ring (bicyclic) bond motifs is 2. The zero-order valence-corrected chi connectivity index (χ0v) is 13.7. The van der Waals surface area contributed by atoms with E-state index in [0.29, 0.717) is 11.3 Å². The second kappa shape index (κ2) is 5.15. The van der Waals surface area contributed by atoms with Crippen molar-refractivity contribution < 1.29 is 13.2 Å². The molecular formula is C20H15F3N2. The first-order valence-electron chi connectivity index (χ1n) is 7.93. The van der Waals surface area contributed by atoms with Gasteiger partial charge in [0.15, 0.2) is 0 Å². The molecule has 0 fully saturated rings. The molecule has 0 aliphatic carbocycles. The second-order valence-corrected chi connectivity index (χ2v) is 6.70. The average molecular weight is 340 g/mol. The van der Waals surface area contributed by atoms with Crippen LogP contribution in [0.1, 0.15) is 30.5 Å². The van der Waals surface area contributed by atoms with Crippen molar-refractivity contribution in [1.82, 2.24) is 4.98 Å². The van der Waals surface area contributed by atoms with E-state index >= 15 is 0 Å². The van der Waals surface area contributed by atoms with E-state index in [1.54, 1.807) is 6.20 Å². The molecule has 2 aromatic carbocycles. The number of rotatable bonds is 1. The quantitative estimate of drug-likeness (QED) is 0.605. The summed E-state index contributed by atoms with van der Waals surface area (Å²) in [7, 11) is 0. The lowest BCUT2D eigenvalue weighted by molar-refractivity contribution is -0.0682. The SMILES string of the molecule is CC1(C)N=C(c2cnc3ccccc3c2)c2cc(F)ccc2C1(F)F. The van der Waals surface area contributed by atoms with Crippen LogP contribution in [0.25, 0.3) is 10.9 Å². The van der Waals surface area contributed by atoms with Crippen molar-refractivity contribution in [1.29, 1.82) is 0 Å². The molecule has 3 aromatic rings. The number of aliphatic imine (C=N–C) groups is 1. The number of pyridine rings is 1. The minimum absolute atomic E-state index is 0.112. The predicted molar refractivity (Wildman–Crippen MR) is 91.8 cm³/mol. The largest absolute Gasteiger partial charge is 0.297 e. The fourth-order valence-corrected chi connectivity index (χ4v) is 3.15. The van der Waals surface area contributed by atoms with Gasteiger partial charge in [0, 0.05) is 28.3 Å². The molecule has 0 saturated carbocycles. The Morgan fingerprint density at radius 3 is 2.52 bits per heavy atom. The maximum absolute atomic E-state index is 14.8. The van der Waals surface area contributed by atoms with Crippen molar-refractivity contribution in [2.75, 3.05) is 0 Å². The summed E-state index contributed by atoms with van der Waals surface area (Å²) in [6, 6.07) is 12.7. The monoisotopic (exact) mass is 340 g/mol. The van der Waals surface area contributed by atoms with Gasteiger partial charge in [-0.25, -0.2) is 4.39 Å². The number of alkyl halides is 2. The van der Waals surface area contributed by atoms with Gasteiger partial charge < -0.3 is 0 Å². The Hall–Kier alpha value is -2.69. The minimum atomic E-state index is -3.19. The van der Waals surface area contributed by atoms with Crippen LogP contribution >= 0.6 is 0 Å². The van der Waals surface area contributed by atoms with Gasteiger partial charge in [0.2, 0.25) is 0 Å². The van der Waals surface area contributed by atoms with E-state index in [-0.39, 0.29) is 11.1 Å². The van der Waals surface area contributed by atoms with Crippen molar-refractivity contribution in [2.24, 2.45) is 4.99 Å². The summed E-state index contributed by atoms with van der Waals surface area (Å²) < 4.78 is 43.4. The molecular weight excluding hydrogens is 325 g/mol. The van der Waals surface area contributed by atoms with Gasteiger partial charge in [0.25, 0.3) is 5.92 Å². The van der Waals surface area contributed by atoms with Gasteiger partial charge in [0.05, 0.1) is 11.2 Å². The van der Waals surface area contributed by atoms with Crippen molar-refractivity contribution in [3.8, 4) is 0 Å². The van der Waals surface area contributed by atoms with E-state index in [4.69, 9.17) is 0 Å². The summed E-state index contributed by atoms with van der Waals surface area (Å²) in [6.45, 7) is 2.77. The first-order valence-corrected chi connectivity index (χ1v) is 7.93. The lowest BCUT2D eigenvalue weighted by Crippen LogP contribution is -2.44. The smallest absolute Gasteiger partial charge is 0.271 e. The maximum Gasteiger partial charge on any atom is 0.297 e. The van der Waals surface area contributed by atoms with Crippen molar-refractivity contribution >= 4 is 16.6 Å². The summed E-state index contributed by atoms with van der Waals surface area (Å²) in [6.07, 6.45) is 1.59. The molecule has 0 atom stereocenters. The van der Waals surface area contributed by atoms with Crippen LogP contribution < -0.4 is 0 Å². The Bertz CT molecular complexity index is 1020. The lowest BCUT2D eigenvalue weighted by atomic mass is 9.81. The van der Waals surface area contributed by atoms with Gasteiger partial charge in [-0.15, -0.1) is 0 Å². The van der Waals surface area contributed by atoms with Crippen LogP contribution in [0.15, 0.2) is 59.7 Å². The molecule has 0 amide bonds. The van der Waals surface area contributed by atoms with Gasteiger partial charge in [-0.05, 0) is 44.2 Å². The van der Waals surface area contributed by atoms with Gasteiger partial charge in [0.1, 0.15) is 11.4 Å². The highest BCUT2D eigenvalue weighted by atomic mass is 19.3. The van der Waals surface area contributed by atoms with Crippen LogP contribution in [0.4, 0.5) is 13.2 Å². The Morgan fingerprint density at radius 1 is 0.960 bits per heavy atom. The van der Waals surface area contributed by atoms with E-state index in [0.717, 1.165) is 29.1 Å². The Kier molecular flexibility index (Phi) is 3.26. The average Bonchev–Trinajstić information content (AvgIpc) is 2.58. The van der Waals surface area contributed by atoms with Gasteiger partial charge in [-0.3, -0.25) is 9.98 Å².